The number of hydrogen-bond donors (Lipinski definition) is 1. The molecule has 2 aromatic carbocycles. The van der Waals surface area contributed by atoms with Crippen LogP contribution >= 0.6 is 0 Å². The predicted octanol–water partition coefficient (Wildman–Crippen LogP) is 2.37. The lowest BCUT2D eigenvalue weighted by Crippen LogP contribution is -2.37. The summed E-state index contributed by atoms with van der Waals surface area (Å²) in [5.74, 6) is -1.74. The lowest BCUT2D eigenvalue weighted by Gasteiger charge is -2.17. The zero-order valence-electron chi connectivity index (χ0n) is 18.8. The third-order valence-corrected chi connectivity index (χ3v) is 4.97. The van der Waals surface area contributed by atoms with Gasteiger partial charge in [0.15, 0.2) is 12.3 Å². The maximum absolute atomic E-state index is 12.7. The molecule has 0 unspecified atom stereocenters. The average Bonchev–Trinajstić information content (AvgIpc) is 2.80. The van der Waals surface area contributed by atoms with Crippen LogP contribution < -0.4 is 10.9 Å². The quantitative estimate of drug-likeness (QED) is 0.528. The van der Waals surface area contributed by atoms with E-state index in [1.165, 1.54) is 16.6 Å². The summed E-state index contributed by atoms with van der Waals surface area (Å²) in [5.41, 5.74) is 1.36. The predicted molar refractivity (Wildman–Crippen MR) is 124 cm³/mol. The highest BCUT2D eigenvalue weighted by atomic mass is 16.5. The maximum Gasteiger partial charge on any atom is 0.359 e. The first-order valence-electron chi connectivity index (χ1n) is 10.6. The summed E-state index contributed by atoms with van der Waals surface area (Å²) in [6.07, 6.45) is 0.660. The number of amides is 2. The number of rotatable bonds is 8. The standard InChI is InChI=1S/C24H26N4O5/c1-4-13-28-23(31)19-8-6-5-7-18(19)22(26-28)24(32)33-15-21(30)27(3)14-20(29)25-17-11-9-16(2)10-12-17/h5-12H,4,13-15H2,1-3H3,(H,25,29). The number of anilines is 1. The van der Waals surface area contributed by atoms with Crippen LogP contribution in [0, 0.1) is 6.92 Å². The van der Waals surface area contributed by atoms with E-state index in [4.69, 9.17) is 4.74 Å². The van der Waals surface area contributed by atoms with Crippen molar-refractivity contribution in [3.63, 3.8) is 0 Å². The van der Waals surface area contributed by atoms with Crippen LogP contribution in [0.4, 0.5) is 5.69 Å². The van der Waals surface area contributed by atoms with Gasteiger partial charge in [-0.15, -0.1) is 0 Å². The summed E-state index contributed by atoms with van der Waals surface area (Å²) in [7, 11) is 1.44. The summed E-state index contributed by atoms with van der Waals surface area (Å²) in [5, 5.41) is 7.57. The summed E-state index contributed by atoms with van der Waals surface area (Å²) >= 11 is 0. The fourth-order valence-corrected chi connectivity index (χ4v) is 3.20. The number of aryl methyl sites for hydroxylation is 2. The Morgan fingerprint density at radius 3 is 2.39 bits per heavy atom. The number of ether oxygens (including phenoxy) is 1. The third kappa shape index (κ3) is 5.82. The fraction of sp³-hybridized carbons (Fsp3) is 0.292. The Balaban J connectivity index is 1.64. The van der Waals surface area contributed by atoms with Gasteiger partial charge in [-0.3, -0.25) is 14.4 Å². The summed E-state index contributed by atoms with van der Waals surface area (Å²) < 4.78 is 6.39. The highest BCUT2D eigenvalue weighted by molar-refractivity contribution is 6.02. The Bertz CT molecular complexity index is 1230. The first-order valence-corrected chi connectivity index (χ1v) is 10.6. The highest BCUT2D eigenvalue weighted by Crippen LogP contribution is 2.14. The van der Waals surface area contributed by atoms with Gasteiger partial charge in [0.1, 0.15) is 0 Å². The maximum atomic E-state index is 12.7. The molecule has 1 heterocycles. The van der Waals surface area contributed by atoms with Crippen molar-refractivity contribution in [2.75, 3.05) is 25.5 Å². The number of fused-ring (bicyclic) bond motifs is 1. The van der Waals surface area contributed by atoms with E-state index < -0.39 is 18.5 Å². The number of carbonyl (C=O) groups excluding carboxylic acids is 3. The van der Waals surface area contributed by atoms with Gasteiger partial charge in [-0.25, -0.2) is 9.48 Å². The SMILES string of the molecule is CCCn1nc(C(=O)OCC(=O)N(C)CC(=O)Nc2ccc(C)cc2)c2ccccc2c1=O. The molecule has 1 aromatic heterocycles. The van der Waals surface area contributed by atoms with Crippen LogP contribution in [0.5, 0.6) is 0 Å². The molecule has 3 rings (SSSR count). The Kier molecular flexibility index (Phi) is 7.55. The van der Waals surface area contributed by atoms with Crippen LogP contribution in [-0.2, 0) is 20.9 Å². The molecule has 0 aliphatic carbocycles. The van der Waals surface area contributed by atoms with E-state index >= 15 is 0 Å². The zero-order valence-corrected chi connectivity index (χ0v) is 18.8. The number of esters is 1. The second-order valence-electron chi connectivity index (χ2n) is 7.66. The van der Waals surface area contributed by atoms with Gasteiger partial charge in [0, 0.05) is 24.7 Å². The average molecular weight is 450 g/mol. The number of benzene rings is 2. The molecule has 0 aliphatic rings. The fourth-order valence-electron chi connectivity index (χ4n) is 3.20. The van der Waals surface area contributed by atoms with Gasteiger partial charge in [-0.1, -0.05) is 42.8 Å². The molecule has 172 valence electrons. The molecule has 0 saturated carbocycles. The molecule has 0 saturated heterocycles. The molecular formula is C24H26N4O5. The molecule has 1 N–H and O–H groups in total. The summed E-state index contributed by atoms with van der Waals surface area (Å²) in [6, 6.07) is 13.9. The minimum atomic E-state index is -0.818. The highest BCUT2D eigenvalue weighted by Gasteiger charge is 2.20. The van der Waals surface area contributed by atoms with E-state index in [9.17, 15) is 19.2 Å². The number of hydrogen-bond acceptors (Lipinski definition) is 6. The van der Waals surface area contributed by atoms with Crippen LogP contribution in [0.2, 0.25) is 0 Å². The lowest BCUT2D eigenvalue weighted by molar-refractivity contribution is -0.136. The van der Waals surface area contributed by atoms with Gasteiger partial charge >= 0.3 is 5.97 Å². The van der Waals surface area contributed by atoms with Crippen molar-refractivity contribution in [2.24, 2.45) is 0 Å². The van der Waals surface area contributed by atoms with Gasteiger partial charge in [-0.2, -0.15) is 5.10 Å². The van der Waals surface area contributed by atoms with Crippen molar-refractivity contribution >= 4 is 34.2 Å². The van der Waals surface area contributed by atoms with Crippen LogP contribution in [0.3, 0.4) is 0 Å². The molecular weight excluding hydrogens is 424 g/mol. The van der Waals surface area contributed by atoms with Crippen LogP contribution in [-0.4, -0.2) is 52.7 Å². The van der Waals surface area contributed by atoms with Crippen molar-refractivity contribution in [1.29, 1.82) is 0 Å². The van der Waals surface area contributed by atoms with E-state index in [0.717, 1.165) is 5.56 Å². The van der Waals surface area contributed by atoms with Gasteiger partial charge < -0.3 is 15.0 Å². The first kappa shape index (κ1) is 23.6. The summed E-state index contributed by atoms with van der Waals surface area (Å²) in [4.78, 5) is 51.0. The number of nitrogens with one attached hydrogen (secondary N) is 1. The van der Waals surface area contributed by atoms with E-state index in [1.54, 1.807) is 36.4 Å². The van der Waals surface area contributed by atoms with Crippen LogP contribution in [0.25, 0.3) is 10.8 Å². The lowest BCUT2D eigenvalue weighted by atomic mass is 10.1. The number of likely N-dealkylation sites (N-methyl/N-ethyl adjacent to an activating group) is 1. The number of carbonyl (C=O) groups is 3. The van der Waals surface area contributed by atoms with E-state index in [0.29, 0.717) is 29.4 Å². The Labute approximate surface area is 191 Å². The van der Waals surface area contributed by atoms with Gasteiger partial charge in [0.05, 0.1) is 11.9 Å². The molecule has 2 amide bonds. The van der Waals surface area contributed by atoms with Crippen molar-refractivity contribution < 1.29 is 19.1 Å². The second-order valence-corrected chi connectivity index (χ2v) is 7.66. The molecule has 0 aliphatic heterocycles. The smallest absolute Gasteiger partial charge is 0.359 e. The molecule has 0 bridgehead atoms. The summed E-state index contributed by atoms with van der Waals surface area (Å²) in [6.45, 7) is 3.42. The van der Waals surface area contributed by atoms with Crippen LogP contribution in [0.1, 0.15) is 29.4 Å². The van der Waals surface area contributed by atoms with Crippen molar-refractivity contribution in [1.82, 2.24) is 14.7 Å². The Morgan fingerprint density at radius 1 is 1.06 bits per heavy atom. The monoisotopic (exact) mass is 450 g/mol. The first-order chi connectivity index (χ1) is 15.8. The molecule has 0 fully saturated rings. The third-order valence-electron chi connectivity index (χ3n) is 4.97. The Morgan fingerprint density at radius 2 is 1.73 bits per heavy atom. The number of nitrogens with zero attached hydrogens (tertiary/aromatic N) is 3. The molecule has 9 nitrogen and oxygen atoms in total. The minimum Gasteiger partial charge on any atom is -0.451 e. The second kappa shape index (κ2) is 10.5. The van der Waals surface area contributed by atoms with Gasteiger partial charge in [0.2, 0.25) is 5.91 Å². The molecule has 0 spiro atoms. The minimum absolute atomic E-state index is 0.0359. The van der Waals surface area contributed by atoms with Crippen LogP contribution in [0.15, 0.2) is 53.3 Å². The molecule has 3 aromatic rings. The van der Waals surface area contributed by atoms with E-state index in [1.807, 2.05) is 26.0 Å². The topological polar surface area (TPSA) is 111 Å². The van der Waals surface area contributed by atoms with Crippen molar-refractivity contribution in [2.45, 2.75) is 26.8 Å². The molecule has 9 heteroatoms. The van der Waals surface area contributed by atoms with Gasteiger partial charge in [0.25, 0.3) is 11.5 Å². The van der Waals surface area contributed by atoms with E-state index in [-0.39, 0.29) is 23.7 Å². The molecule has 0 radical (unpaired) electrons. The van der Waals surface area contributed by atoms with Crippen molar-refractivity contribution in [3.05, 3.63) is 70.1 Å². The largest absolute Gasteiger partial charge is 0.451 e. The van der Waals surface area contributed by atoms with Crippen molar-refractivity contribution in [3.8, 4) is 0 Å². The van der Waals surface area contributed by atoms with E-state index in [2.05, 4.69) is 10.4 Å². The zero-order chi connectivity index (χ0) is 24.0. The normalized spacial score (nSPS) is 10.6. The Hall–Kier alpha value is -4.01. The van der Waals surface area contributed by atoms with Gasteiger partial charge in [-0.05, 0) is 31.5 Å². The number of aromatic nitrogens is 2. The molecule has 33 heavy (non-hydrogen) atoms. The molecule has 0 atom stereocenters.